The molecule has 4 heteroatoms. The third-order valence-electron chi connectivity index (χ3n) is 2.89. The molecule has 1 aliphatic rings. The van der Waals surface area contributed by atoms with Gasteiger partial charge in [0.25, 0.3) is 0 Å². The van der Waals surface area contributed by atoms with Gasteiger partial charge in [-0.2, -0.15) is 0 Å². The van der Waals surface area contributed by atoms with Crippen molar-refractivity contribution in [1.82, 2.24) is 0 Å². The average molecular weight is 217 g/mol. The number of hydrogen-bond donors (Lipinski definition) is 1. The van der Waals surface area contributed by atoms with Gasteiger partial charge in [0.2, 0.25) is 0 Å². The van der Waals surface area contributed by atoms with Gasteiger partial charge in [-0.25, -0.2) is 0 Å². The Balaban J connectivity index is 2.27. The van der Waals surface area contributed by atoms with Crippen molar-refractivity contribution in [2.45, 2.75) is 26.4 Å². The van der Waals surface area contributed by atoms with Gasteiger partial charge in [-0.15, -0.1) is 0 Å². The van der Waals surface area contributed by atoms with Crippen LogP contribution in [0, 0.1) is 6.92 Å². The lowest BCUT2D eigenvalue weighted by atomic mass is 9.78. The summed E-state index contributed by atoms with van der Waals surface area (Å²) in [6.07, 6.45) is 0. The highest BCUT2D eigenvalue weighted by Crippen LogP contribution is 2.29. The minimum Gasteiger partial charge on any atom is -0.534 e. The van der Waals surface area contributed by atoms with Crippen molar-refractivity contribution in [3.05, 3.63) is 36.1 Å². The Labute approximate surface area is 96.4 Å². The molecule has 16 heavy (non-hydrogen) atoms. The topological polar surface area (TPSA) is 44.5 Å². The maximum atomic E-state index is 5.78. The standard InChI is InChI=1S/C12H16BNO2/c1-8-7-10(5-6-11(8)14)13-15-9(2)12(3,4)16-13/h5-7H,2,14H2,1,3-4H3. The molecule has 3 nitrogen and oxygen atoms in total. The van der Waals surface area contributed by atoms with Crippen molar-refractivity contribution >= 4 is 18.3 Å². The molecule has 0 saturated carbocycles. The van der Waals surface area contributed by atoms with Crippen molar-refractivity contribution < 1.29 is 9.31 Å². The van der Waals surface area contributed by atoms with Gasteiger partial charge in [-0.3, -0.25) is 0 Å². The Bertz CT molecular complexity index is 443. The molecule has 1 aliphatic heterocycles. The first kappa shape index (κ1) is 11.1. The summed E-state index contributed by atoms with van der Waals surface area (Å²) in [7, 11) is -0.373. The molecule has 0 aliphatic carbocycles. The zero-order chi connectivity index (χ0) is 11.9. The Morgan fingerprint density at radius 2 is 2.06 bits per heavy atom. The second kappa shape index (κ2) is 3.56. The molecule has 0 unspecified atom stereocenters. The van der Waals surface area contributed by atoms with E-state index in [0.717, 1.165) is 16.7 Å². The number of aryl methyl sites for hydroxylation is 1. The van der Waals surface area contributed by atoms with Crippen LogP contribution in [0.2, 0.25) is 0 Å². The molecule has 0 amide bonds. The Morgan fingerprint density at radius 1 is 1.38 bits per heavy atom. The largest absolute Gasteiger partial charge is 0.563 e. The van der Waals surface area contributed by atoms with Crippen LogP contribution in [0.25, 0.3) is 0 Å². The molecule has 1 aromatic rings. The minimum atomic E-state index is -0.431. The van der Waals surface area contributed by atoms with Gasteiger partial charge >= 0.3 is 7.12 Å². The van der Waals surface area contributed by atoms with Gasteiger partial charge < -0.3 is 15.0 Å². The van der Waals surface area contributed by atoms with Gasteiger partial charge in [0.1, 0.15) is 5.60 Å². The summed E-state index contributed by atoms with van der Waals surface area (Å²) < 4.78 is 11.4. The monoisotopic (exact) mass is 217 g/mol. The molecule has 0 bridgehead atoms. The number of benzene rings is 1. The Kier molecular flexibility index (Phi) is 2.47. The third-order valence-corrected chi connectivity index (χ3v) is 2.89. The molecular weight excluding hydrogens is 201 g/mol. The first-order valence-electron chi connectivity index (χ1n) is 5.30. The van der Waals surface area contributed by atoms with E-state index in [1.54, 1.807) is 0 Å². The number of nitrogens with two attached hydrogens (primary N) is 1. The summed E-state index contributed by atoms with van der Waals surface area (Å²) in [6.45, 7) is 9.70. The second-order valence-corrected chi connectivity index (χ2v) is 4.62. The van der Waals surface area contributed by atoms with Crippen molar-refractivity contribution in [2.75, 3.05) is 5.73 Å². The van der Waals surface area contributed by atoms with Gasteiger partial charge in [0, 0.05) is 5.69 Å². The van der Waals surface area contributed by atoms with E-state index in [-0.39, 0.29) is 7.12 Å². The summed E-state index contributed by atoms with van der Waals surface area (Å²) in [5, 5.41) is 0. The lowest BCUT2D eigenvalue weighted by Crippen LogP contribution is -2.34. The number of rotatable bonds is 1. The summed E-state index contributed by atoms with van der Waals surface area (Å²) in [5.74, 6) is 0.659. The fourth-order valence-electron chi connectivity index (χ4n) is 1.61. The smallest absolute Gasteiger partial charge is 0.534 e. The first-order valence-corrected chi connectivity index (χ1v) is 5.30. The van der Waals surface area contributed by atoms with Crippen molar-refractivity contribution in [3.8, 4) is 0 Å². The van der Waals surface area contributed by atoms with Crippen molar-refractivity contribution in [1.29, 1.82) is 0 Å². The molecule has 84 valence electrons. The van der Waals surface area contributed by atoms with Gasteiger partial charge in [-0.1, -0.05) is 18.7 Å². The van der Waals surface area contributed by atoms with Crippen LogP contribution in [0.3, 0.4) is 0 Å². The minimum absolute atomic E-state index is 0.373. The maximum Gasteiger partial charge on any atom is 0.563 e. The fraction of sp³-hybridized carbons (Fsp3) is 0.333. The van der Waals surface area contributed by atoms with E-state index in [1.807, 2.05) is 39.0 Å². The molecule has 2 rings (SSSR count). The summed E-state index contributed by atoms with van der Waals surface area (Å²) in [6, 6.07) is 5.77. The average Bonchev–Trinajstić information content (AvgIpc) is 2.46. The van der Waals surface area contributed by atoms with E-state index < -0.39 is 5.60 Å². The van der Waals surface area contributed by atoms with Crippen LogP contribution in [0.1, 0.15) is 19.4 Å². The Hall–Kier alpha value is -1.42. The molecule has 1 saturated heterocycles. The van der Waals surface area contributed by atoms with E-state index in [9.17, 15) is 0 Å². The predicted octanol–water partition coefficient (Wildman–Crippen LogP) is 1.61. The van der Waals surface area contributed by atoms with Crippen LogP contribution in [0.15, 0.2) is 30.5 Å². The van der Waals surface area contributed by atoms with E-state index in [0.29, 0.717) is 5.76 Å². The SMILES string of the molecule is C=C1OB(c2ccc(N)c(C)c2)OC1(C)C. The van der Waals surface area contributed by atoms with Crippen LogP contribution < -0.4 is 11.2 Å². The number of nitrogen functional groups attached to an aromatic ring is 1. The molecule has 0 spiro atoms. The fourth-order valence-corrected chi connectivity index (χ4v) is 1.61. The normalized spacial score (nSPS) is 18.7. The summed E-state index contributed by atoms with van der Waals surface area (Å²) >= 11 is 0. The molecule has 0 aromatic heterocycles. The summed E-state index contributed by atoms with van der Waals surface area (Å²) in [5.41, 5.74) is 8.11. The highest BCUT2D eigenvalue weighted by Gasteiger charge is 2.42. The van der Waals surface area contributed by atoms with Crippen molar-refractivity contribution in [2.24, 2.45) is 0 Å². The molecular formula is C12H16BNO2. The zero-order valence-electron chi connectivity index (χ0n) is 9.91. The molecule has 1 heterocycles. The summed E-state index contributed by atoms with van der Waals surface area (Å²) in [4.78, 5) is 0. The third kappa shape index (κ3) is 1.81. The maximum absolute atomic E-state index is 5.78. The van der Waals surface area contributed by atoms with E-state index >= 15 is 0 Å². The van der Waals surface area contributed by atoms with Crippen LogP contribution >= 0.6 is 0 Å². The van der Waals surface area contributed by atoms with Gasteiger partial charge in [0.05, 0.1) is 5.76 Å². The second-order valence-electron chi connectivity index (χ2n) is 4.62. The van der Waals surface area contributed by atoms with Crippen LogP contribution in [-0.2, 0) is 9.31 Å². The molecule has 1 fully saturated rings. The highest BCUT2D eigenvalue weighted by atomic mass is 16.7. The predicted molar refractivity (Wildman–Crippen MR) is 66.4 cm³/mol. The lowest BCUT2D eigenvalue weighted by Gasteiger charge is -2.15. The van der Waals surface area contributed by atoms with Crippen LogP contribution in [-0.4, -0.2) is 12.7 Å². The Morgan fingerprint density at radius 3 is 2.56 bits per heavy atom. The lowest BCUT2D eigenvalue weighted by molar-refractivity contribution is 0.173. The molecule has 0 atom stereocenters. The van der Waals surface area contributed by atoms with Crippen LogP contribution in [0.4, 0.5) is 5.69 Å². The molecule has 0 radical (unpaired) electrons. The van der Waals surface area contributed by atoms with E-state index in [2.05, 4.69) is 6.58 Å². The first-order chi connectivity index (χ1) is 7.40. The van der Waals surface area contributed by atoms with Crippen LogP contribution in [0.5, 0.6) is 0 Å². The highest BCUT2D eigenvalue weighted by molar-refractivity contribution is 6.62. The number of anilines is 1. The van der Waals surface area contributed by atoms with E-state index in [4.69, 9.17) is 15.0 Å². The zero-order valence-corrected chi connectivity index (χ0v) is 9.91. The number of hydrogen-bond acceptors (Lipinski definition) is 3. The quantitative estimate of drug-likeness (QED) is 0.574. The van der Waals surface area contributed by atoms with Gasteiger partial charge in [-0.05, 0) is 37.9 Å². The van der Waals surface area contributed by atoms with Gasteiger partial charge in [0.15, 0.2) is 0 Å². The molecule has 2 N–H and O–H groups in total. The van der Waals surface area contributed by atoms with Crippen molar-refractivity contribution in [3.63, 3.8) is 0 Å². The van der Waals surface area contributed by atoms with E-state index in [1.165, 1.54) is 0 Å². The molecule has 1 aromatic carbocycles.